The number of rotatable bonds is 3. The van der Waals surface area contributed by atoms with Crippen LogP contribution in [0.3, 0.4) is 0 Å². The van der Waals surface area contributed by atoms with Gasteiger partial charge in [0.2, 0.25) is 0 Å². The Morgan fingerprint density at radius 1 is 1.27 bits per heavy atom. The van der Waals surface area contributed by atoms with Crippen LogP contribution in [0.4, 0.5) is 0 Å². The van der Waals surface area contributed by atoms with Gasteiger partial charge in [0.05, 0.1) is 0 Å². The van der Waals surface area contributed by atoms with E-state index < -0.39 is 0 Å². The minimum Gasteiger partial charge on any atom is -0.313 e. The largest absolute Gasteiger partial charge is 0.313 e. The first-order chi connectivity index (χ1) is 4.92. The molecule has 0 heterocycles. The van der Waals surface area contributed by atoms with E-state index in [1.54, 1.807) is 0 Å². The molecule has 0 atom stereocenters. The summed E-state index contributed by atoms with van der Waals surface area (Å²) >= 11 is 0. The average Bonchev–Trinajstić information content (AvgIpc) is 1.78. The van der Waals surface area contributed by atoms with Crippen LogP contribution in [0.15, 0.2) is 11.6 Å². The van der Waals surface area contributed by atoms with Crippen molar-refractivity contribution in [3.8, 4) is 0 Å². The molecule has 0 rings (SSSR count). The zero-order chi connectivity index (χ0) is 8.91. The third kappa shape index (κ3) is 9.70. The molecule has 1 nitrogen and oxygen atoms in total. The van der Waals surface area contributed by atoms with Crippen LogP contribution in [-0.4, -0.2) is 13.1 Å². The standard InChI is InChI=1S/C10H21N/c1-9(2)6-7-11-8-10(3,4)5/h6,11H,7-8H2,1-5H3. The number of allylic oxidation sites excluding steroid dienone is 1. The second-order valence-electron chi connectivity index (χ2n) is 4.47. The molecule has 0 aliphatic carbocycles. The lowest BCUT2D eigenvalue weighted by atomic mass is 9.97. The molecule has 0 unspecified atom stereocenters. The molecule has 0 spiro atoms. The number of nitrogens with one attached hydrogen (secondary N) is 1. The highest BCUT2D eigenvalue weighted by Crippen LogP contribution is 2.09. The Bertz CT molecular complexity index is 124. The van der Waals surface area contributed by atoms with E-state index in [9.17, 15) is 0 Å². The molecule has 0 amide bonds. The lowest BCUT2D eigenvalue weighted by Crippen LogP contribution is -2.26. The summed E-state index contributed by atoms with van der Waals surface area (Å²) in [6.07, 6.45) is 2.21. The number of hydrogen-bond donors (Lipinski definition) is 1. The molecule has 0 bridgehead atoms. The van der Waals surface area contributed by atoms with E-state index in [4.69, 9.17) is 0 Å². The molecule has 0 saturated carbocycles. The summed E-state index contributed by atoms with van der Waals surface area (Å²) in [4.78, 5) is 0. The molecule has 0 aromatic rings. The monoisotopic (exact) mass is 155 g/mol. The van der Waals surface area contributed by atoms with Crippen molar-refractivity contribution in [1.82, 2.24) is 5.32 Å². The summed E-state index contributed by atoms with van der Waals surface area (Å²) in [6, 6.07) is 0. The van der Waals surface area contributed by atoms with E-state index in [0.29, 0.717) is 5.41 Å². The SMILES string of the molecule is CC(C)=CCNCC(C)(C)C. The van der Waals surface area contributed by atoms with Gasteiger partial charge in [-0.2, -0.15) is 0 Å². The predicted molar refractivity (Wildman–Crippen MR) is 51.8 cm³/mol. The molecule has 1 N–H and O–H groups in total. The van der Waals surface area contributed by atoms with Gasteiger partial charge in [0, 0.05) is 13.1 Å². The molecular formula is C10H21N. The van der Waals surface area contributed by atoms with Gasteiger partial charge >= 0.3 is 0 Å². The first kappa shape index (κ1) is 10.7. The highest BCUT2D eigenvalue weighted by atomic mass is 14.9. The van der Waals surface area contributed by atoms with Crippen molar-refractivity contribution >= 4 is 0 Å². The lowest BCUT2D eigenvalue weighted by molar-refractivity contribution is 0.388. The maximum Gasteiger partial charge on any atom is 0.0137 e. The Balaban J connectivity index is 3.36. The zero-order valence-corrected chi connectivity index (χ0v) is 8.49. The molecule has 0 aromatic heterocycles. The van der Waals surface area contributed by atoms with Crippen LogP contribution in [0.5, 0.6) is 0 Å². The first-order valence-electron chi connectivity index (χ1n) is 4.26. The summed E-state index contributed by atoms with van der Waals surface area (Å²) in [5, 5.41) is 3.38. The molecule has 0 aliphatic heterocycles. The molecule has 11 heavy (non-hydrogen) atoms. The Labute approximate surface area is 70.9 Å². The molecule has 0 aliphatic rings. The fraction of sp³-hybridized carbons (Fsp3) is 0.800. The summed E-state index contributed by atoms with van der Waals surface area (Å²) in [5.74, 6) is 0. The molecule has 66 valence electrons. The lowest BCUT2D eigenvalue weighted by Gasteiger charge is -2.17. The van der Waals surface area contributed by atoms with Crippen molar-refractivity contribution in [1.29, 1.82) is 0 Å². The van der Waals surface area contributed by atoms with Gasteiger partial charge in [0.15, 0.2) is 0 Å². The second-order valence-corrected chi connectivity index (χ2v) is 4.47. The van der Waals surface area contributed by atoms with Crippen molar-refractivity contribution in [2.24, 2.45) is 5.41 Å². The fourth-order valence-corrected chi connectivity index (χ4v) is 0.723. The van der Waals surface area contributed by atoms with Gasteiger partial charge in [0.25, 0.3) is 0 Å². The van der Waals surface area contributed by atoms with E-state index in [-0.39, 0.29) is 0 Å². The predicted octanol–water partition coefficient (Wildman–Crippen LogP) is 2.59. The van der Waals surface area contributed by atoms with E-state index in [1.165, 1.54) is 5.57 Å². The van der Waals surface area contributed by atoms with E-state index in [2.05, 4.69) is 46.0 Å². The quantitative estimate of drug-likeness (QED) is 0.488. The zero-order valence-electron chi connectivity index (χ0n) is 8.49. The van der Waals surface area contributed by atoms with Crippen molar-refractivity contribution in [3.63, 3.8) is 0 Å². The minimum absolute atomic E-state index is 0.398. The summed E-state index contributed by atoms with van der Waals surface area (Å²) in [6.45, 7) is 13.0. The van der Waals surface area contributed by atoms with Crippen LogP contribution < -0.4 is 5.32 Å². The van der Waals surface area contributed by atoms with Crippen LogP contribution in [0.2, 0.25) is 0 Å². The molecule has 0 radical (unpaired) electrons. The molecule has 0 aromatic carbocycles. The molecule has 0 saturated heterocycles. The second kappa shape index (κ2) is 4.55. The summed E-state index contributed by atoms with van der Waals surface area (Å²) < 4.78 is 0. The van der Waals surface area contributed by atoms with E-state index in [1.807, 2.05) is 0 Å². The van der Waals surface area contributed by atoms with Crippen LogP contribution in [0, 0.1) is 5.41 Å². The van der Waals surface area contributed by atoms with Crippen LogP contribution in [0.25, 0.3) is 0 Å². The minimum atomic E-state index is 0.398. The summed E-state index contributed by atoms with van der Waals surface area (Å²) in [7, 11) is 0. The van der Waals surface area contributed by atoms with Gasteiger partial charge in [0.1, 0.15) is 0 Å². The average molecular weight is 155 g/mol. The van der Waals surface area contributed by atoms with Crippen molar-refractivity contribution in [2.75, 3.05) is 13.1 Å². The van der Waals surface area contributed by atoms with Gasteiger partial charge < -0.3 is 5.32 Å². The van der Waals surface area contributed by atoms with Gasteiger partial charge in [-0.05, 0) is 19.3 Å². The third-order valence-electron chi connectivity index (χ3n) is 1.31. The van der Waals surface area contributed by atoms with Gasteiger partial charge in [-0.15, -0.1) is 0 Å². The Morgan fingerprint density at radius 2 is 1.82 bits per heavy atom. The topological polar surface area (TPSA) is 12.0 Å². The molecular weight excluding hydrogens is 134 g/mol. The van der Waals surface area contributed by atoms with Gasteiger partial charge in [-0.1, -0.05) is 32.4 Å². The molecule has 0 fully saturated rings. The normalized spacial score (nSPS) is 11.4. The highest BCUT2D eigenvalue weighted by Gasteiger charge is 2.07. The smallest absolute Gasteiger partial charge is 0.0137 e. The maximum absolute atomic E-state index is 3.38. The van der Waals surface area contributed by atoms with Gasteiger partial charge in [-0.3, -0.25) is 0 Å². The Morgan fingerprint density at radius 3 is 2.18 bits per heavy atom. The van der Waals surface area contributed by atoms with Crippen molar-refractivity contribution < 1.29 is 0 Å². The van der Waals surface area contributed by atoms with Crippen LogP contribution in [-0.2, 0) is 0 Å². The fourth-order valence-electron chi connectivity index (χ4n) is 0.723. The Hall–Kier alpha value is -0.300. The summed E-state index contributed by atoms with van der Waals surface area (Å²) in [5.41, 5.74) is 1.78. The Kier molecular flexibility index (Phi) is 4.43. The van der Waals surface area contributed by atoms with Gasteiger partial charge in [-0.25, -0.2) is 0 Å². The van der Waals surface area contributed by atoms with E-state index in [0.717, 1.165) is 13.1 Å². The third-order valence-corrected chi connectivity index (χ3v) is 1.31. The molecule has 1 heteroatoms. The maximum atomic E-state index is 3.38. The van der Waals surface area contributed by atoms with Crippen molar-refractivity contribution in [2.45, 2.75) is 34.6 Å². The number of hydrogen-bond acceptors (Lipinski definition) is 1. The highest BCUT2D eigenvalue weighted by molar-refractivity contribution is 4.94. The van der Waals surface area contributed by atoms with E-state index >= 15 is 0 Å². The van der Waals surface area contributed by atoms with Crippen LogP contribution >= 0.6 is 0 Å². The van der Waals surface area contributed by atoms with Crippen molar-refractivity contribution in [3.05, 3.63) is 11.6 Å². The van der Waals surface area contributed by atoms with Crippen LogP contribution in [0.1, 0.15) is 34.6 Å². The first-order valence-corrected chi connectivity index (χ1v) is 4.26.